The van der Waals surface area contributed by atoms with Gasteiger partial charge in [0.25, 0.3) is 0 Å². The summed E-state index contributed by atoms with van der Waals surface area (Å²) in [6.45, 7) is 6.00. The highest BCUT2D eigenvalue weighted by molar-refractivity contribution is 5.95. The van der Waals surface area contributed by atoms with Crippen LogP contribution in [0.15, 0.2) is 24.3 Å². The van der Waals surface area contributed by atoms with Crippen LogP contribution in [0, 0.1) is 0 Å². The highest BCUT2D eigenvalue weighted by Crippen LogP contribution is 2.13. The zero-order valence-electron chi connectivity index (χ0n) is 11.7. The van der Waals surface area contributed by atoms with Gasteiger partial charge < -0.3 is 10.1 Å². The molecule has 0 aliphatic carbocycles. The Morgan fingerprint density at radius 1 is 1.21 bits per heavy atom. The van der Waals surface area contributed by atoms with E-state index in [2.05, 4.69) is 5.32 Å². The summed E-state index contributed by atoms with van der Waals surface area (Å²) in [5.41, 5.74) is 0.687. The number of rotatable bonds is 7. The first-order chi connectivity index (χ1) is 9.02. The highest BCUT2D eigenvalue weighted by Gasteiger charge is 2.05. The molecule has 0 spiro atoms. The van der Waals surface area contributed by atoms with Gasteiger partial charge in [0.05, 0.1) is 13.0 Å². The Morgan fingerprint density at radius 2 is 1.84 bits per heavy atom. The van der Waals surface area contributed by atoms with Crippen LogP contribution < -0.4 is 10.1 Å². The molecule has 1 amide bonds. The van der Waals surface area contributed by atoms with E-state index in [1.54, 1.807) is 24.3 Å². The summed E-state index contributed by atoms with van der Waals surface area (Å²) >= 11 is 0. The first kappa shape index (κ1) is 15.2. The van der Waals surface area contributed by atoms with Crippen LogP contribution in [0.3, 0.4) is 0 Å². The number of ether oxygens (including phenoxy) is 1. The molecule has 1 aromatic carbocycles. The summed E-state index contributed by atoms with van der Waals surface area (Å²) in [5.74, 6) is 0.764. The molecule has 0 atom stereocenters. The third kappa shape index (κ3) is 5.55. The van der Waals surface area contributed by atoms with Crippen LogP contribution in [0.2, 0.25) is 0 Å². The third-order valence-electron chi connectivity index (χ3n) is 2.54. The average molecular weight is 263 g/mol. The first-order valence-electron chi connectivity index (χ1n) is 6.58. The van der Waals surface area contributed by atoms with Crippen molar-refractivity contribution in [1.82, 2.24) is 5.32 Å². The first-order valence-corrected chi connectivity index (χ1v) is 6.58. The number of carbonyl (C=O) groups excluding carboxylic acids is 2. The molecule has 0 saturated carbocycles. The van der Waals surface area contributed by atoms with Gasteiger partial charge in [-0.05, 0) is 38.1 Å². The molecular weight excluding hydrogens is 242 g/mol. The Bertz CT molecular complexity index is 424. The van der Waals surface area contributed by atoms with Crippen molar-refractivity contribution in [3.63, 3.8) is 0 Å². The largest absolute Gasteiger partial charge is 0.493 e. The van der Waals surface area contributed by atoms with Gasteiger partial charge in [0.15, 0.2) is 5.78 Å². The van der Waals surface area contributed by atoms with Crippen LogP contribution >= 0.6 is 0 Å². The van der Waals surface area contributed by atoms with E-state index in [1.165, 1.54) is 0 Å². The third-order valence-corrected chi connectivity index (χ3v) is 2.54. The molecule has 0 bridgehead atoms. The molecule has 0 saturated heterocycles. The van der Waals surface area contributed by atoms with Gasteiger partial charge in [0.2, 0.25) is 5.91 Å². The number of nitrogens with one attached hydrogen (secondary N) is 1. The molecule has 0 aliphatic heterocycles. The van der Waals surface area contributed by atoms with Crippen molar-refractivity contribution in [2.24, 2.45) is 0 Å². The second-order valence-corrected chi connectivity index (χ2v) is 4.62. The zero-order valence-corrected chi connectivity index (χ0v) is 11.7. The topological polar surface area (TPSA) is 55.4 Å². The molecule has 0 unspecified atom stereocenters. The molecule has 4 nitrogen and oxygen atoms in total. The van der Waals surface area contributed by atoms with Crippen LogP contribution in [-0.2, 0) is 4.79 Å². The summed E-state index contributed by atoms with van der Waals surface area (Å²) in [5, 5.41) is 2.80. The minimum absolute atomic E-state index is 0.0206. The van der Waals surface area contributed by atoms with E-state index in [-0.39, 0.29) is 17.7 Å². The Morgan fingerprint density at radius 3 is 2.37 bits per heavy atom. The minimum atomic E-state index is -0.0206. The van der Waals surface area contributed by atoms with Crippen molar-refractivity contribution >= 4 is 11.7 Å². The van der Waals surface area contributed by atoms with Gasteiger partial charge in [-0.2, -0.15) is 0 Å². The van der Waals surface area contributed by atoms with E-state index in [1.807, 2.05) is 20.8 Å². The molecule has 0 radical (unpaired) electrons. The normalized spacial score (nSPS) is 10.3. The smallest absolute Gasteiger partial charge is 0.223 e. The second-order valence-electron chi connectivity index (χ2n) is 4.62. The maximum Gasteiger partial charge on any atom is 0.223 e. The molecule has 0 heterocycles. The van der Waals surface area contributed by atoms with E-state index >= 15 is 0 Å². The van der Waals surface area contributed by atoms with Gasteiger partial charge in [-0.25, -0.2) is 0 Å². The fraction of sp³-hybridized carbons (Fsp3) is 0.467. The molecular formula is C15H21NO3. The number of ketones is 1. The number of hydrogen-bond acceptors (Lipinski definition) is 3. The standard InChI is InChI=1S/C15H21NO3/c1-4-14(17)12-5-7-13(8-6-12)19-10-9-15(18)16-11(2)3/h5-8,11H,4,9-10H2,1-3H3,(H,16,18). The van der Waals surface area contributed by atoms with Gasteiger partial charge in [0, 0.05) is 18.0 Å². The van der Waals surface area contributed by atoms with E-state index in [4.69, 9.17) is 4.74 Å². The van der Waals surface area contributed by atoms with Crippen LogP contribution in [0.1, 0.15) is 44.0 Å². The number of hydrogen-bond donors (Lipinski definition) is 1. The maximum atomic E-state index is 11.4. The number of benzene rings is 1. The maximum absolute atomic E-state index is 11.4. The van der Waals surface area contributed by atoms with Crippen molar-refractivity contribution < 1.29 is 14.3 Å². The minimum Gasteiger partial charge on any atom is -0.493 e. The summed E-state index contributed by atoms with van der Waals surface area (Å²) in [7, 11) is 0. The summed E-state index contributed by atoms with van der Waals surface area (Å²) < 4.78 is 5.45. The second kappa shape index (κ2) is 7.56. The summed E-state index contributed by atoms with van der Waals surface area (Å²) in [6, 6.07) is 7.14. The van der Waals surface area contributed by atoms with Crippen molar-refractivity contribution in [2.75, 3.05) is 6.61 Å². The Balaban J connectivity index is 2.38. The quantitative estimate of drug-likeness (QED) is 0.769. The molecule has 1 rings (SSSR count). The molecule has 104 valence electrons. The predicted octanol–water partition coefficient (Wildman–Crippen LogP) is 2.57. The molecule has 19 heavy (non-hydrogen) atoms. The van der Waals surface area contributed by atoms with Crippen LogP contribution in [0.5, 0.6) is 5.75 Å². The van der Waals surface area contributed by atoms with Crippen LogP contribution in [0.25, 0.3) is 0 Å². The predicted molar refractivity (Wildman–Crippen MR) is 74.5 cm³/mol. The lowest BCUT2D eigenvalue weighted by atomic mass is 10.1. The highest BCUT2D eigenvalue weighted by atomic mass is 16.5. The number of amides is 1. The van der Waals surface area contributed by atoms with Gasteiger partial charge in [-0.1, -0.05) is 6.92 Å². The van der Waals surface area contributed by atoms with E-state index in [0.29, 0.717) is 30.8 Å². The van der Waals surface area contributed by atoms with Gasteiger partial charge in [-0.3, -0.25) is 9.59 Å². The molecule has 0 fully saturated rings. The SMILES string of the molecule is CCC(=O)c1ccc(OCCC(=O)NC(C)C)cc1. The van der Waals surface area contributed by atoms with Crippen LogP contribution in [-0.4, -0.2) is 24.3 Å². The number of Topliss-reactive ketones (excluding diaryl/α,β-unsaturated/α-hetero) is 1. The monoisotopic (exact) mass is 263 g/mol. The van der Waals surface area contributed by atoms with E-state index in [0.717, 1.165) is 0 Å². The Hall–Kier alpha value is -1.84. The van der Waals surface area contributed by atoms with Gasteiger partial charge in [0.1, 0.15) is 5.75 Å². The van der Waals surface area contributed by atoms with Gasteiger partial charge in [-0.15, -0.1) is 0 Å². The van der Waals surface area contributed by atoms with Crippen molar-refractivity contribution in [3.05, 3.63) is 29.8 Å². The molecule has 4 heteroatoms. The molecule has 0 aliphatic rings. The lowest BCUT2D eigenvalue weighted by Gasteiger charge is -2.09. The average Bonchev–Trinajstić information content (AvgIpc) is 2.37. The van der Waals surface area contributed by atoms with Crippen LogP contribution in [0.4, 0.5) is 0 Å². The fourth-order valence-corrected chi connectivity index (χ4v) is 1.60. The lowest BCUT2D eigenvalue weighted by molar-refractivity contribution is -0.122. The van der Waals surface area contributed by atoms with Crippen molar-refractivity contribution in [1.29, 1.82) is 0 Å². The van der Waals surface area contributed by atoms with Crippen molar-refractivity contribution in [3.8, 4) is 5.75 Å². The summed E-state index contributed by atoms with van der Waals surface area (Å²) in [6.07, 6.45) is 0.823. The zero-order chi connectivity index (χ0) is 14.3. The molecule has 0 aromatic heterocycles. The fourth-order valence-electron chi connectivity index (χ4n) is 1.60. The molecule has 1 aromatic rings. The summed E-state index contributed by atoms with van der Waals surface area (Å²) in [4.78, 5) is 22.8. The Kier molecular flexibility index (Phi) is 6.06. The van der Waals surface area contributed by atoms with Crippen molar-refractivity contribution in [2.45, 2.75) is 39.7 Å². The number of carbonyl (C=O) groups is 2. The Labute approximate surface area is 114 Å². The van der Waals surface area contributed by atoms with Gasteiger partial charge >= 0.3 is 0 Å². The van der Waals surface area contributed by atoms with E-state index < -0.39 is 0 Å². The van der Waals surface area contributed by atoms with E-state index in [9.17, 15) is 9.59 Å². The lowest BCUT2D eigenvalue weighted by Crippen LogP contribution is -2.31. The molecule has 1 N–H and O–H groups in total.